The van der Waals surface area contributed by atoms with E-state index in [-0.39, 0.29) is 37.4 Å². The molecule has 0 saturated carbocycles. The second kappa shape index (κ2) is 6.63. The molecular weight excluding hydrogens is 330 g/mol. The van der Waals surface area contributed by atoms with E-state index in [1.807, 2.05) is 30.3 Å². The molecule has 0 aliphatic carbocycles. The standard InChI is InChI=1S/C16H15N3O6/c20-14-11-6-7-18(8-12(11)17-15(21)13(14)19(23)24)16(22)25-9-10-4-2-1-3-5-10/h1-5H,6-9H2,(H2,17,20,21). The fraction of sp³-hybridized carbons (Fsp3) is 0.250. The van der Waals surface area contributed by atoms with Crippen molar-refractivity contribution in [1.82, 2.24) is 9.88 Å². The number of amides is 1. The van der Waals surface area contributed by atoms with Gasteiger partial charge >= 0.3 is 11.8 Å². The van der Waals surface area contributed by atoms with E-state index in [0.29, 0.717) is 0 Å². The Labute approximate surface area is 142 Å². The maximum atomic E-state index is 12.2. The molecule has 25 heavy (non-hydrogen) atoms. The number of ether oxygens (including phenoxy) is 1. The molecule has 0 bridgehead atoms. The van der Waals surface area contributed by atoms with E-state index in [1.165, 1.54) is 4.90 Å². The summed E-state index contributed by atoms with van der Waals surface area (Å²) < 4.78 is 5.23. The average molecular weight is 345 g/mol. The number of benzene rings is 1. The van der Waals surface area contributed by atoms with Crippen LogP contribution in [-0.2, 0) is 24.3 Å². The van der Waals surface area contributed by atoms with Gasteiger partial charge in [0.25, 0.3) is 5.88 Å². The number of rotatable bonds is 3. The van der Waals surface area contributed by atoms with Crippen molar-refractivity contribution in [3.8, 4) is 11.6 Å². The van der Waals surface area contributed by atoms with Gasteiger partial charge in [-0.3, -0.25) is 10.1 Å². The molecule has 0 unspecified atom stereocenters. The van der Waals surface area contributed by atoms with E-state index < -0.39 is 28.3 Å². The van der Waals surface area contributed by atoms with Crippen LogP contribution in [0.15, 0.2) is 30.3 Å². The van der Waals surface area contributed by atoms with Gasteiger partial charge in [-0.2, -0.15) is 0 Å². The predicted molar refractivity (Wildman–Crippen MR) is 85.0 cm³/mol. The van der Waals surface area contributed by atoms with Crippen LogP contribution in [-0.4, -0.2) is 37.7 Å². The van der Waals surface area contributed by atoms with Crippen molar-refractivity contribution >= 4 is 11.8 Å². The van der Waals surface area contributed by atoms with Crippen LogP contribution in [0.2, 0.25) is 0 Å². The number of nitrogens with zero attached hydrogens (tertiary/aromatic N) is 3. The Bertz CT molecular complexity index is 824. The van der Waals surface area contributed by atoms with Crippen LogP contribution in [0.1, 0.15) is 16.8 Å². The minimum Gasteiger partial charge on any atom is -0.502 e. The van der Waals surface area contributed by atoms with Gasteiger partial charge < -0.3 is 19.8 Å². The maximum absolute atomic E-state index is 12.2. The fourth-order valence-corrected chi connectivity index (χ4v) is 2.67. The average Bonchev–Trinajstić information content (AvgIpc) is 2.59. The Hall–Kier alpha value is -3.36. The third-order valence-electron chi connectivity index (χ3n) is 3.93. The molecular formula is C16H15N3O6. The normalized spacial score (nSPS) is 13.2. The summed E-state index contributed by atoms with van der Waals surface area (Å²) in [5.41, 5.74) is 0.497. The lowest BCUT2D eigenvalue weighted by Crippen LogP contribution is -2.36. The molecule has 0 atom stereocenters. The summed E-state index contributed by atoms with van der Waals surface area (Å²) in [6, 6.07) is 9.19. The maximum Gasteiger partial charge on any atom is 0.410 e. The summed E-state index contributed by atoms with van der Waals surface area (Å²) in [6.45, 7) is 0.326. The van der Waals surface area contributed by atoms with Gasteiger partial charge in [-0.1, -0.05) is 30.3 Å². The molecule has 0 saturated heterocycles. The number of hydrogen-bond acceptors (Lipinski definition) is 7. The molecule has 1 amide bonds. The summed E-state index contributed by atoms with van der Waals surface area (Å²) >= 11 is 0. The number of fused-ring (bicyclic) bond motifs is 1. The second-order valence-corrected chi connectivity index (χ2v) is 5.53. The molecule has 2 heterocycles. The number of aromatic nitrogens is 1. The number of carbonyl (C=O) groups excluding carboxylic acids is 1. The topological polar surface area (TPSA) is 126 Å². The zero-order chi connectivity index (χ0) is 18.0. The van der Waals surface area contributed by atoms with Crippen LogP contribution in [0.3, 0.4) is 0 Å². The highest BCUT2D eigenvalue weighted by Gasteiger charge is 2.32. The third-order valence-corrected chi connectivity index (χ3v) is 3.93. The molecule has 1 aliphatic rings. The number of hydrogen-bond donors (Lipinski definition) is 2. The van der Waals surface area contributed by atoms with Crippen LogP contribution < -0.4 is 0 Å². The molecule has 3 rings (SSSR count). The first-order chi connectivity index (χ1) is 12.0. The monoisotopic (exact) mass is 345 g/mol. The lowest BCUT2D eigenvalue weighted by Gasteiger charge is -2.27. The van der Waals surface area contributed by atoms with Gasteiger partial charge in [-0.15, -0.1) is 0 Å². The minimum absolute atomic E-state index is 0.0118. The van der Waals surface area contributed by atoms with Crippen LogP contribution in [0.25, 0.3) is 0 Å². The molecule has 0 spiro atoms. The summed E-state index contributed by atoms with van der Waals surface area (Å²) in [4.78, 5) is 27.3. The predicted octanol–water partition coefficient (Wildman–Crippen LogP) is 2.10. The fourth-order valence-electron chi connectivity index (χ4n) is 2.67. The largest absolute Gasteiger partial charge is 0.502 e. The highest BCUT2D eigenvalue weighted by molar-refractivity contribution is 5.69. The van der Waals surface area contributed by atoms with Gasteiger partial charge in [-0.05, 0) is 12.0 Å². The van der Waals surface area contributed by atoms with Gasteiger partial charge in [0.05, 0.1) is 17.2 Å². The van der Waals surface area contributed by atoms with Gasteiger partial charge in [-0.25, -0.2) is 9.78 Å². The molecule has 1 aliphatic heterocycles. The molecule has 0 fully saturated rings. The van der Waals surface area contributed by atoms with Crippen molar-refractivity contribution in [3.05, 3.63) is 57.3 Å². The first-order valence-electron chi connectivity index (χ1n) is 7.51. The SMILES string of the molecule is O=C(OCc1ccccc1)N1CCc2c(nc(O)c([N+](=O)[O-])c2O)C1. The van der Waals surface area contributed by atoms with Gasteiger partial charge in [0.15, 0.2) is 0 Å². The lowest BCUT2D eigenvalue weighted by atomic mass is 10.0. The number of nitro groups is 1. The first kappa shape index (κ1) is 16.5. The zero-order valence-electron chi connectivity index (χ0n) is 13.1. The Balaban J connectivity index is 1.73. The van der Waals surface area contributed by atoms with E-state index in [2.05, 4.69) is 4.98 Å². The highest BCUT2D eigenvalue weighted by Crippen LogP contribution is 2.39. The molecule has 9 heteroatoms. The van der Waals surface area contributed by atoms with Crippen LogP contribution in [0.4, 0.5) is 10.5 Å². The Kier molecular flexibility index (Phi) is 4.38. The molecule has 2 aromatic rings. The van der Waals surface area contributed by atoms with Crippen molar-refractivity contribution < 1.29 is 24.7 Å². The van der Waals surface area contributed by atoms with E-state index in [1.54, 1.807) is 0 Å². The quantitative estimate of drug-likeness (QED) is 0.644. The smallest absolute Gasteiger partial charge is 0.410 e. The van der Waals surface area contributed by atoms with E-state index >= 15 is 0 Å². The Morgan fingerprint density at radius 2 is 2.04 bits per heavy atom. The summed E-state index contributed by atoms with van der Waals surface area (Å²) in [5.74, 6) is -1.48. The molecule has 2 N–H and O–H groups in total. The molecule has 130 valence electrons. The number of pyridine rings is 1. The second-order valence-electron chi connectivity index (χ2n) is 5.53. The van der Waals surface area contributed by atoms with Crippen molar-refractivity contribution in [2.24, 2.45) is 0 Å². The molecule has 1 aromatic carbocycles. The van der Waals surface area contributed by atoms with Crippen molar-refractivity contribution in [2.75, 3.05) is 6.54 Å². The van der Waals surface area contributed by atoms with Crippen molar-refractivity contribution in [3.63, 3.8) is 0 Å². The van der Waals surface area contributed by atoms with Gasteiger partial charge in [0.1, 0.15) is 6.61 Å². The minimum atomic E-state index is -0.890. The van der Waals surface area contributed by atoms with Crippen LogP contribution in [0, 0.1) is 10.1 Å². The summed E-state index contributed by atoms with van der Waals surface area (Å²) in [7, 11) is 0. The van der Waals surface area contributed by atoms with Crippen LogP contribution >= 0.6 is 0 Å². The highest BCUT2D eigenvalue weighted by atomic mass is 16.6. The summed E-state index contributed by atoms with van der Waals surface area (Å²) in [6.07, 6.45) is -0.385. The zero-order valence-corrected chi connectivity index (χ0v) is 13.1. The third kappa shape index (κ3) is 3.30. The number of aromatic hydroxyl groups is 2. The lowest BCUT2D eigenvalue weighted by molar-refractivity contribution is -0.387. The molecule has 0 radical (unpaired) electrons. The molecule has 1 aromatic heterocycles. The van der Waals surface area contributed by atoms with E-state index in [4.69, 9.17) is 4.74 Å². The molecule has 9 nitrogen and oxygen atoms in total. The van der Waals surface area contributed by atoms with Gasteiger partial charge in [0, 0.05) is 12.1 Å². The van der Waals surface area contributed by atoms with E-state index in [0.717, 1.165) is 5.56 Å². The van der Waals surface area contributed by atoms with Crippen molar-refractivity contribution in [1.29, 1.82) is 0 Å². The summed E-state index contributed by atoms with van der Waals surface area (Å²) in [5, 5.41) is 30.5. The Morgan fingerprint density at radius 3 is 2.72 bits per heavy atom. The number of carbonyl (C=O) groups is 1. The van der Waals surface area contributed by atoms with Crippen molar-refractivity contribution in [2.45, 2.75) is 19.6 Å². The van der Waals surface area contributed by atoms with E-state index in [9.17, 15) is 25.1 Å². The first-order valence-corrected chi connectivity index (χ1v) is 7.51. The van der Waals surface area contributed by atoms with Gasteiger partial charge in [0.2, 0.25) is 5.75 Å². The van der Waals surface area contributed by atoms with Crippen LogP contribution in [0.5, 0.6) is 11.6 Å². The Morgan fingerprint density at radius 1 is 1.32 bits per heavy atom.